The number of anilines is 1. The van der Waals surface area contributed by atoms with Crippen LogP contribution in [0.25, 0.3) is 10.9 Å². The molecule has 1 aliphatic heterocycles. The van der Waals surface area contributed by atoms with Gasteiger partial charge in [-0.05, 0) is 73.9 Å². The highest BCUT2D eigenvalue weighted by Gasteiger charge is 2.22. The average molecular weight is 410 g/mol. The minimum absolute atomic E-state index is 0. The lowest BCUT2D eigenvalue weighted by molar-refractivity contribution is 0.198. The number of fused-ring (bicyclic) bond motifs is 1. The standard InChI is InChI=1S/C23H23N3O2.ClH/c1-15-9-21-22(25-16(2)10-23(21)26-8-7-19(27)13-26)11-18(15)14-28-20-5-3-17(12-24)4-6-20;/h3-6,9-11,19,27H,7-8,13-14H2,1-2H3;1H. The van der Waals surface area contributed by atoms with Gasteiger partial charge in [0.15, 0.2) is 0 Å². The van der Waals surface area contributed by atoms with E-state index in [2.05, 4.69) is 36.1 Å². The highest BCUT2D eigenvalue weighted by Crippen LogP contribution is 2.31. The first-order chi connectivity index (χ1) is 13.5. The number of halogens is 1. The van der Waals surface area contributed by atoms with Crippen molar-refractivity contribution in [1.29, 1.82) is 5.26 Å². The van der Waals surface area contributed by atoms with Crippen LogP contribution < -0.4 is 9.64 Å². The van der Waals surface area contributed by atoms with Gasteiger partial charge < -0.3 is 14.7 Å². The van der Waals surface area contributed by atoms with E-state index in [1.165, 1.54) is 0 Å². The second kappa shape index (κ2) is 8.69. The molecule has 2 aromatic carbocycles. The number of ether oxygens (including phenoxy) is 1. The molecule has 29 heavy (non-hydrogen) atoms. The maximum atomic E-state index is 9.92. The van der Waals surface area contributed by atoms with E-state index in [-0.39, 0.29) is 18.5 Å². The lowest BCUT2D eigenvalue weighted by atomic mass is 10.0. The summed E-state index contributed by atoms with van der Waals surface area (Å²) in [5, 5.41) is 19.9. The third-order valence-corrected chi connectivity index (χ3v) is 5.25. The zero-order chi connectivity index (χ0) is 19.7. The largest absolute Gasteiger partial charge is 0.489 e. The summed E-state index contributed by atoms with van der Waals surface area (Å²) in [5.74, 6) is 0.738. The van der Waals surface area contributed by atoms with Gasteiger partial charge in [0.05, 0.1) is 23.3 Å². The fraction of sp³-hybridized carbons (Fsp3) is 0.304. The summed E-state index contributed by atoms with van der Waals surface area (Å²) in [5.41, 5.74) is 5.90. The van der Waals surface area contributed by atoms with Crippen molar-refractivity contribution >= 4 is 29.0 Å². The molecule has 5 nitrogen and oxygen atoms in total. The van der Waals surface area contributed by atoms with E-state index in [1.807, 2.05) is 19.1 Å². The summed E-state index contributed by atoms with van der Waals surface area (Å²) in [4.78, 5) is 6.97. The van der Waals surface area contributed by atoms with Crippen LogP contribution in [0.4, 0.5) is 5.69 Å². The van der Waals surface area contributed by atoms with Crippen LogP contribution in [0.5, 0.6) is 5.75 Å². The molecule has 0 amide bonds. The molecule has 1 N–H and O–H groups in total. The molecule has 1 atom stereocenters. The van der Waals surface area contributed by atoms with E-state index in [0.717, 1.165) is 52.1 Å². The van der Waals surface area contributed by atoms with Crippen LogP contribution >= 0.6 is 12.4 Å². The summed E-state index contributed by atoms with van der Waals surface area (Å²) < 4.78 is 5.91. The number of hydrogen-bond donors (Lipinski definition) is 1. The van der Waals surface area contributed by atoms with Crippen molar-refractivity contribution in [2.75, 3.05) is 18.0 Å². The van der Waals surface area contributed by atoms with Crippen molar-refractivity contribution in [3.05, 3.63) is 64.8 Å². The first-order valence-electron chi connectivity index (χ1n) is 9.50. The van der Waals surface area contributed by atoms with Crippen molar-refractivity contribution in [2.24, 2.45) is 0 Å². The molecular weight excluding hydrogens is 386 g/mol. The molecular formula is C23H24ClN3O2. The van der Waals surface area contributed by atoms with Crippen LogP contribution in [0.2, 0.25) is 0 Å². The van der Waals surface area contributed by atoms with Crippen molar-refractivity contribution < 1.29 is 9.84 Å². The zero-order valence-electron chi connectivity index (χ0n) is 16.6. The van der Waals surface area contributed by atoms with Gasteiger partial charge in [0.25, 0.3) is 0 Å². The number of aryl methyl sites for hydroxylation is 2. The monoisotopic (exact) mass is 409 g/mol. The minimum atomic E-state index is -0.260. The predicted octanol–water partition coefficient (Wildman–Crippen LogP) is 4.30. The SMILES string of the molecule is Cc1cc(N2CCC(O)C2)c2cc(C)c(COc3ccc(C#N)cc3)cc2n1.Cl. The van der Waals surface area contributed by atoms with Gasteiger partial charge in [0.1, 0.15) is 12.4 Å². The van der Waals surface area contributed by atoms with E-state index in [4.69, 9.17) is 15.0 Å². The number of aliphatic hydroxyl groups excluding tert-OH is 1. The normalized spacial score (nSPS) is 15.8. The Bertz CT molecular complexity index is 1060. The topological polar surface area (TPSA) is 69.4 Å². The van der Waals surface area contributed by atoms with Gasteiger partial charge in [0.2, 0.25) is 0 Å². The van der Waals surface area contributed by atoms with E-state index in [9.17, 15) is 5.11 Å². The molecule has 4 rings (SSSR count). The summed E-state index contributed by atoms with van der Waals surface area (Å²) in [7, 11) is 0. The third-order valence-electron chi connectivity index (χ3n) is 5.25. The molecule has 0 aliphatic carbocycles. The van der Waals surface area contributed by atoms with E-state index in [0.29, 0.717) is 18.7 Å². The highest BCUT2D eigenvalue weighted by molar-refractivity contribution is 5.93. The van der Waals surface area contributed by atoms with Crippen LogP contribution in [0, 0.1) is 25.2 Å². The first-order valence-corrected chi connectivity index (χ1v) is 9.50. The van der Waals surface area contributed by atoms with E-state index in [1.54, 1.807) is 12.1 Å². The molecule has 1 aliphatic rings. The highest BCUT2D eigenvalue weighted by atomic mass is 35.5. The molecule has 0 saturated carbocycles. The third kappa shape index (κ3) is 4.45. The van der Waals surface area contributed by atoms with Crippen LogP contribution in [-0.4, -0.2) is 29.3 Å². The Balaban J connectivity index is 0.00000240. The van der Waals surface area contributed by atoms with Crippen LogP contribution in [-0.2, 0) is 6.61 Å². The van der Waals surface area contributed by atoms with Crippen LogP contribution in [0.1, 0.15) is 28.8 Å². The quantitative estimate of drug-likeness (QED) is 0.695. The first kappa shape index (κ1) is 20.9. The molecule has 1 aromatic heterocycles. The molecule has 1 unspecified atom stereocenters. The molecule has 0 bridgehead atoms. The molecule has 0 radical (unpaired) electrons. The van der Waals surface area contributed by atoms with Crippen molar-refractivity contribution in [3.8, 4) is 11.8 Å². The van der Waals surface area contributed by atoms with Gasteiger partial charge in [0, 0.05) is 29.9 Å². The number of β-amino-alcohol motifs (C(OH)–C–C–N with tert-alkyl or cyclic N) is 1. The molecule has 6 heteroatoms. The van der Waals surface area contributed by atoms with Crippen LogP contribution in [0.15, 0.2) is 42.5 Å². The van der Waals surface area contributed by atoms with E-state index < -0.39 is 0 Å². The number of nitrogens with zero attached hydrogens (tertiary/aromatic N) is 3. The smallest absolute Gasteiger partial charge is 0.119 e. The Hall–Kier alpha value is -2.81. The number of aromatic nitrogens is 1. The van der Waals surface area contributed by atoms with Crippen molar-refractivity contribution in [1.82, 2.24) is 4.98 Å². The van der Waals surface area contributed by atoms with Gasteiger partial charge in [-0.3, -0.25) is 4.98 Å². The molecule has 2 heterocycles. The lowest BCUT2D eigenvalue weighted by Gasteiger charge is -2.21. The number of pyridine rings is 1. The fourth-order valence-electron chi connectivity index (χ4n) is 3.70. The molecule has 3 aromatic rings. The number of nitriles is 1. The fourth-order valence-corrected chi connectivity index (χ4v) is 3.70. The Morgan fingerprint density at radius 1 is 1.21 bits per heavy atom. The van der Waals surface area contributed by atoms with E-state index >= 15 is 0 Å². The summed E-state index contributed by atoms with van der Waals surface area (Å²) >= 11 is 0. The summed E-state index contributed by atoms with van der Waals surface area (Å²) in [6, 6.07) is 15.6. The van der Waals surface area contributed by atoms with Crippen molar-refractivity contribution in [3.63, 3.8) is 0 Å². The summed E-state index contributed by atoms with van der Waals surface area (Å²) in [6.07, 6.45) is 0.544. The number of hydrogen-bond acceptors (Lipinski definition) is 5. The Labute approximate surface area is 177 Å². The second-order valence-corrected chi connectivity index (χ2v) is 7.39. The molecule has 1 fully saturated rings. The van der Waals surface area contributed by atoms with Crippen molar-refractivity contribution in [2.45, 2.75) is 33.0 Å². The Kier molecular flexibility index (Phi) is 6.26. The number of aliphatic hydroxyl groups is 1. The van der Waals surface area contributed by atoms with Gasteiger partial charge in [-0.1, -0.05) is 0 Å². The summed E-state index contributed by atoms with van der Waals surface area (Å²) in [6.45, 7) is 6.06. The van der Waals surface area contributed by atoms with Gasteiger partial charge in [-0.15, -0.1) is 12.4 Å². The molecule has 1 saturated heterocycles. The van der Waals surface area contributed by atoms with Gasteiger partial charge in [-0.2, -0.15) is 5.26 Å². The Morgan fingerprint density at radius 3 is 2.62 bits per heavy atom. The Morgan fingerprint density at radius 2 is 1.97 bits per heavy atom. The lowest BCUT2D eigenvalue weighted by Crippen LogP contribution is -2.21. The maximum Gasteiger partial charge on any atom is 0.119 e. The maximum absolute atomic E-state index is 9.92. The van der Waals surface area contributed by atoms with Crippen LogP contribution in [0.3, 0.4) is 0 Å². The number of rotatable bonds is 4. The predicted molar refractivity (Wildman–Crippen MR) is 117 cm³/mol. The average Bonchev–Trinajstić information content (AvgIpc) is 3.13. The van der Waals surface area contributed by atoms with Gasteiger partial charge >= 0.3 is 0 Å². The molecule has 150 valence electrons. The second-order valence-electron chi connectivity index (χ2n) is 7.39. The minimum Gasteiger partial charge on any atom is -0.489 e. The number of benzene rings is 2. The molecule has 0 spiro atoms. The van der Waals surface area contributed by atoms with Gasteiger partial charge in [-0.25, -0.2) is 0 Å². The zero-order valence-corrected chi connectivity index (χ0v) is 17.4.